The van der Waals surface area contributed by atoms with E-state index < -0.39 is 12.5 Å². The number of carbonyl (C=O) groups excluding carboxylic acids is 1. The fraction of sp³-hybridized carbons (Fsp3) is 0.111. The minimum Gasteiger partial charge on any atom is -0.434 e. The molecule has 0 aliphatic heterocycles. The van der Waals surface area contributed by atoms with Gasteiger partial charge in [0, 0.05) is 5.39 Å². The van der Waals surface area contributed by atoms with Crippen molar-refractivity contribution < 1.29 is 18.3 Å². The fourth-order valence-corrected chi connectivity index (χ4v) is 3.04. The number of halogens is 2. The first kappa shape index (κ1) is 18.0. The maximum atomic E-state index is 12.5. The number of alkyl halides is 2. The van der Waals surface area contributed by atoms with Crippen LogP contribution in [0.3, 0.4) is 0 Å². The average Bonchev–Trinajstić information content (AvgIpc) is 3.11. The molecule has 0 aliphatic carbocycles. The molecule has 1 amide bonds. The summed E-state index contributed by atoms with van der Waals surface area (Å²) < 4.78 is 31.3. The van der Waals surface area contributed by atoms with Crippen molar-refractivity contribution >= 4 is 34.7 Å². The Labute approximate surface area is 162 Å². The molecule has 142 valence electrons. The SMILES string of the molecule is O=C(NCc1nc2c3ccccc3nc(=S)n2[nH]1)c1ccccc1OC(F)F. The first-order valence-electron chi connectivity index (χ1n) is 8.21. The molecule has 4 rings (SSSR count). The summed E-state index contributed by atoms with van der Waals surface area (Å²) in [6.07, 6.45) is 0. The molecule has 7 nitrogen and oxygen atoms in total. The number of aromatic nitrogens is 4. The minimum absolute atomic E-state index is 0.00244. The molecule has 0 fully saturated rings. The van der Waals surface area contributed by atoms with Crippen LogP contribution in [0.2, 0.25) is 0 Å². The number of benzene rings is 2. The molecule has 10 heteroatoms. The molecule has 0 saturated heterocycles. The second-order valence-corrected chi connectivity index (χ2v) is 6.16. The number of rotatable bonds is 5. The molecule has 0 saturated carbocycles. The smallest absolute Gasteiger partial charge is 0.387 e. The normalized spacial score (nSPS) is 11.2. The molecule has 2 aromatic carbocycles. The molecule has 2 aromatic heterocycles. The molecule has 2 heterocycles. The average molecular weight is 401 g/mol. The number of nitrogens with one attached hydrogen (secondary N) is 2. The Morgan fingerprint density at radius 3 is 2.75 bits per heavy atom. The van der Waals surface area contributed by atoms with Crippen LogP contribution in [0.1, 0.15) is 16.2 Å². The topological polar surface area (TPSA) is 84.3 Å². The third-order valence-electron chi connectivity index (χ3n) is 4.01. The summed E-state index contributed by atoms with van der Waals surface area (Å²) in [7, 11) is 0. The van der Waals surface area contributed by atoms with Gasteiger partial charge in [0.1, 0.15) is 11.6 Å². The number of hydrogen-bond acceptors (Lipinski definition) is 5. The largest absolute Gasteiger partial charge is 0.434 e. The van der Waals surface area contributed by atoms with E-state index in [0.717, 1.165) is 5.39 Å². The second kappa shape index (κ2) is 7.31. The second-order valence-electron chi connectivity index (χ2n) is 5.80. The number of H-pyrrole nitrogens is 1. The highest BCUT2D eigenvalue weighted by atomic mass is 32.1. The van der Waals surface area contributed by atoms with Gasteiger partial charge in [-0.2, -0.15) is 8.78 Å². The van der Waals surface area contributed by atoms with Crippen LogP contribution in [0.5, 0.6) is 5.75 Å². The first-order valence-corrected chi connectivity index (χ1v) is 8.62. The molecule has 28 heavy (non-hydrogen) atoms. The number of para-hydroxylation sites is 2. The van der Waals surface area contributed by atoms with Crippen molar-refractivity contribution in [3.8, 4) is 5.75 Å². The van der Waals surface area contributed by atoms with E-state index in [-0.39, 0.29) is 17.9 Å². The summed E-state index contributed by atoms with van der Waals surface area (Å²) in [5, 5.41) is 6.42. The van der Waals surface area contributed by atoms with Crippen LogP contribution in [0.4, 0.5) is 8.78 Å². The predicted molar refractivity (Wildman–Crippen MR) is 99.9 cm³/mol. The summed E-state index contributed by atoms with van der Waals surface area (Å²) >= 11 is 5.27. The molecule has 0 radical (unpaired) electrons. The van der Waals surface area contributed by atoms with E-state index in [0.29, 0.717) is 21.8 Å². The molecular weight excluding hydrogens is 388 g/mol. The summed E-state index contributed by atoms with van der Waals surface area (Å²) in [4.78, 5) is 21.2. The Hall–Kier alpha value is -3.40. The van der Waals surface area contributed by atoms with E-state index in [1.165, 1.54) is 18.2 Å². The lowest BCUT2D eigenvalue weighted by Crippen LogP contribution is -2.24. The van der Waals surface area contributed by atoms with Gasteiger partial charge in [0.2, 0.25) is 4.77 Å². The highest BCUT2D eigenvalue weighted by Gasteiger charge is 2.16. The molecule has 2 N–H and O–H groups in total. The van der Waals surface area contributed by atoms with Crippen LogP contribution in [0.25, 0.3) is 16.6 Å². The third kappa shape index (κ3) is 3.41. The van der Waals surface area contributed by atoms with E-state index in [1.807, 2.05) is 24.3 Å². The molecule has 0 bridgehead atoms. The van der Waals surface area contributed by atoms with Crippen LogP contribution in [0.15, 0.2) is 48.5 Å². The summed E-state index contributed by atoms with van der Waals surface area (Å²) in [6, 6.07) is 13.2. The summed E-state index contributed by atoms with van der Waals surface area (Å²) in [6.45, 7) is -2.99. The zero-order chi connectivity index (χ0) is 19.7. The van der Waals surface area contributed by atoms with Crippen LogP contribution < -0.4 is 10.1 Å². The van der Waals surface area contributed by atoms with Gasteiger partial charge >= 0.3 is 6.61 Å². The van der Waals surface area contributed by atoms with Crippen molar-refractivity contribution in [3.63, 3.8) is 0 Å². The Morgan fingerprint density at radius 1 is 1.18 bits per heavy atom. The maximum absolute atomic E-state index is 12.5. The number of aromatic amines is 1. The van der Waals surface area contributed by atoms with Crippen molar-refractivity contribution in [3.05, 3.63) is 64.7 Å². The van der Waals surface area contributed by atoms with Gasteiger partial charge in [0.15, 0.2) is 5.65 Å². The number of fused-ring (bicyclic) bond motifs is 3. The summed E-state index contributed by atoms with van der Waals surface area (Å²) in [5.41, 5.74) is 1.30. The van der Waals surface area contributed by atoms with Crippen molar-refractivity contribution in [1.82, 2.24) is 24.9 Å². The van der Waals surface area contributed by atoms with Crippen LogP contribution in [-0.4, -0.2) is 32.1 Å². The third-order valence-corrected chi connectivity index (χ3v) is 4.28. The summed E-state index contributed by atoms with van der Waals surface area (Å²) in [5.74, 6) is -0.329. The number of ether oxygens (including phenoxy) is 1. The van der Waals surface area contributed by atoms with Crippen LogP contribution in [-0.2, 0) is 6.54 Å². The number of amides is 1. The molecule has 0 aliphatic rings. The Morgan fingerprint density at radius 2 is 1.93 bits per heavy atom. The van der Waals surface area contributed by atoms with Crippen LogP contribution >= 0.6 is 12.2 Å². The molecule has 0 unspecified atom stereocenters. The molecule has 4 aromatic rings. The Kier molecular flexibility index (Phi) is 4.70. The van der Waals surface area contributed by atoms with E-state index in [4.69, 9.17) is 12.2 Å². The Bertz CT molecular complexity index is 1240. The monoisotopic (exact) mass is 401 g/mol. The van der Waals surface area contributed by atoms with Crippen molar-refractivity contribution in [1.29, 1.82) is 0 Å². The van der Waals surface area contributed by atoms with Gasteiger partial charge in [0.05, 0.1) is 17.6 Å². The lowest BCUT2D eigenvalue weighted by Gasteiger charge is -2.10. The van der Waals surface area contributed by atoms with Crippen molar-refractivity contribution in [2.45, 2.75) is 13.2 Å². The van der Waals surface area contributed by atoms with Crippen LogP contribution in [0, 0.1) is 4.77 Å². The van der Waals surface area contributed by atoms with E-state index in [2.05, 4.69) is 25.1 Å². The highest BCUT2D eigenvalue weighted by Crippen LogP contribution is 2.20. The predicted octanol–water partition coefficient (Wildman–Crippen LogP) is 3.47. The van der Waals surface area contributed by atoms with E-state index in [9.17, 15) is 13.6 Å². The number of nitrogens with zero attached hydrogens (tertiary/aromatic N) is 3. The van der Waals surface area contributed by atoms with Gasteiger partial charge in [-0.15, -0.1) is 0 Å². The van der Waals surface area contributed by atoms with Gasteiger partial charge in [-0.1, -0.05) is 24.3 Å². The van der Waals surface area contributed by atoms with Crippen molar-refractivity contribution in [2.75, 3.05) is 0 Å². The maximum Gasteiger partial charge on any atom is 0.387 e. The Balaban J connectivity index is 1.60. The fourth-order valence-electron chi connectivity index (χ4n) is 2.81. The molecular formula is C18H13F2N5O2S. The molecule has 0 spiro atoms. The van der Waals surface area contributed by atoms with Gasteiger partial charge in [-0.05, 0) is 36.5 Å². The standard InChI is InChI=1S/C18H13F2N5O2S/c19-17(20)27-13-8-4-2-6-11(13)16(26)21-9-14-23-15-10-5-1-3-7-12(10)22-18(28)25(15)24-14/h1-8,17H,9H2,(H,21,26)(H,23,24). The van der Waals surface area contributed by atoms with Gasteiger partial charge in [0.25, 0.3) is 5.91 Å². The zero-order valence-electron chi connectivity index (χ0n) is 14.2. The number of carbonyl (C=O) groups is 1. The van der Waals surface area contributed by atoms with Crippen molar-refractivity contribution in [2.24, 2.45) is 0 Å². The minimum atomic E-state index is -3.02. The quantitative estimate of drug-likeness (QED) is 0.500. The highest BCUT2D eigenvalue weighted by molar-refractivity contribution is 7.71. The first-order chi connectivity index (χ1) is 13.5. The van der Waals surface area contributed by atoms with Gasteiger partial charge in [-0.25, -0.2) is 14.5 Å². The van der Waals surface area contributed by atoms with Gasteiger partial charge in [-0.3, -0.25) is 9.89 Å². The van der Waals surface area contributed by atoms with E-state index >= 15 is 0 Å². The zero-order valence-corrected chi connectivity index (χ0v) is 15.0. The lowest BCUT2D eigenvalue weighted by molar-refractivity contribution is -0.0501. The van der Waals surface area contributed by atoms with Gasteiger partial charge < -0.3 is 10.1 Å². The molecule has 0 atom stereocenters. The number of hydrogen-bond donors (Lipinski definition) is 2. The lowest BCUT2D eigenvalue weighted by atomic mass is 10.2. The van der Waals surface area contributed by atoms with E-state index in [1.54, 1.807) is 10.6 Å².